The van der Waals surface area contributed by atoms with E-state index in [-0.39, 0.29) is 0 Å². The summed E-state index contributed by atoms with van der Waals surface area (Å²) >= 11 is 1.63. The number of nitrogens with zero attached hydrogens (tertiary/aromatic N) is 4. The smallest absolute Gasteiger partial charge is 0.234 e. The lowest BCUT2D eigenvalue weighted by Gasteiger charge is -2.05. The highest BCUT2D eigenvalue weighted by Gasteiger charge is 2.13. The molecule has 0 fully saturated rings. The lowest BCUT2D eigenvalue weighted by molar-refractivity contribution is 0.587. The van der Waals surface area contributed by atoms with Gasteiger partial charge in [-0.05, 0) is 0 Å². The van der Waals surface area contributed by atoms with Crippen molar-refractivity contribution in [2.24, 2.45) is 0 Å². The maximum atomic E-state index is 4.56. The first kappa shape index (κ1) is 12.4. The molecule has 0 saturated heterocycles. The van der Waals surface area contributed by atoms with Crippen molar-refractivity contribution in [2.45, 2.75) is 46.1 Å². The summed E-state index contributed by atoms with van der Waals surface area (Å²) in [6, 6.07) is 0.520. The zero-order valence-electron chi connectivity index (χ0n) is 10.8. The fourth-order valence-corrected chi connectivity index (χ4v) is 2.44. The topological polar surface area (TPSA) is 55.1 Å². The maximum Gasteiger partial charge on any atom is 0.234 e. The largest absolute Gasteiger partial charge is 0.314 e. The highest BCUT2D eigenvalue weighted by atomic mass is 32.1. The second-order valence-corrected chi connectivity index (χ2v) is 5.80. The van der Waals surface area contributed by atoms with Crippen molar-refractivity contribution >= 4 is 16.3 Å². The van der Waals surface area contributed by atoms with Gasteiger partial charge in [0.15, 0.2) is 5.82 Å². The van der Waals surface area contributed by atoms with Gasteiger partial charge < -0.3 is 5.32 Å². The molecular formula is C11H19N5S. The fourth-order valence-electron chi connectivity index (χ4n) is 1.60. The first-order valence-corrected chi connectivity index (χ1v) is 6.84. The van der Waals surface area contributed by atoms with Gasteiger partial charge in [0.2, 0.25) is 4.96 Å². The molecular weight excluding hydrogens is 234 g/mol. The Labute approximate surface area is 105 Å². The third-order valence-electron chi connectivity index (χ3n) is 2.46. The molecule has 0 saturated carbocycles. The fraction of sp³-hybridized carbons (Fsp3) is 0.727. The minimum atomic E-state index is 0.355. The summed E-state index contributed by atoms with van der Waals surface area (Å²) in [5, 5.41) is 17.4. The van der Waals surface area contributed by atoms with Crippen molar-refractivity contribution in [1.82, 2.24) is 25.1 Å². The van der Waals surface area contributed by atoms with Gasteiger partial charge in [0.05, 0.1) is 0 Å². The number of rotatable bonds is 5. The molecule has 2 aromatic rings. The van der Waals surface area contributed by atoms with Gasteiger partial charge >= 0.3 is 0 Å². The van der Waals surface area contributed by atoms with Crippen LogP contribution in [0.4, 0.5) is 0 Å². The number of hydrogen-bond donors (Lipinski definition) is 1. The normalized spacial score (nSPS) is 12.1. The first-order valence-electron chi connectivity index (χ1n) is 6.02. The Balaban J connectivity index is 2.10. The molecule has 0 bridgehead atoms. The van der Waals surface area contributed by atoms with Crippen LogP contribution in [0.15, 0.2) is 0 Å². The number of aromatic nitrogens is 4. The lowest BCUT2D eigenvalue weighted by atomic mass is 10.2. The predicted molar refractivity (Wildman–Crippen MR) is 69.6 cm³/mol. The van der Waals surface area contributed by atoms with Gasteiger partial charge in [0, 0.05) is 24.9 Å². The summed E-state index contributed by atoms with van der Waals surface area (Å²) in [5.74, 6) is 1.30. The van der Waals surface area contributed by atoms with Crippen LogP contribution in [0.1, 0.15) is 44.4 Å². The second kappa shape index (κ2) is 5.10. The van der Waals surface area contributed by atoms with E-state index in [2.05, 4.69) is 48.3 Å². The Morgan fingerprint density at radius 1 is 1.24 bits per heavy atom. The van der Waals surface area contributed by atoms with E-state index < -0.39 is 0 Å². The molecule has 0 aliphatic heterocycles. The van der Waals surface area contributed by atoms with Crippen molar-refractivity contribution in [3.63, 3.8) is 0 Å². The summed E-state index contributed by atoms with van der Waals surface area (Å²) in [5.41, 5.74) is 0. The van der Waals surface area contributed by atoms with Crippen LogP contribution in [0.5, 0.6) is 0 Å². The molecule has 0 unspecified atom stereocenters. The van der Waals surface area contributed by atoms with Crippen molar-refractivity contribution in [1.29, 1.82) is 0 Å². The van der Waals surface area contributed by atoms with Gasteiger partial charge in [0.1, 0.15) is 5.01 Å². The van der Waals surface area contributed by atoms with E-state index in [1.807, 2.05) is 4.52 Å². The summed E-state index contributed by atoms with van der Waals surface area (Å²) in [4.78, 5) is 0.897. The van der Waals surface area contributed by atoms with Gasteiger partial charge in [-0.25, -0.2) is 0 Å². The molecule has 0 atom stereocenters. The Kier molecular flexibility index (Phi) is 3.73. The van der Waals surface area contributed by atoms with Crippen molar-refractivity contribution in [2.75, 3.05) is 6.54 Å². The predicted octanol–water partition coefficient (Wildman–Crippen LogP) is 1.85. The molecule has 0 spiro atoms. The molecule has 2 heterocycles. The van der Waals surface area contributed by atoms with E-state index >= 15 is 0 Å². The molecule has 6 heteroatoms. The average Bonchev–Trinajstić information content (AvgIpc) is 2.75. The van der Waals surface area contributed by atoms with E-state index in [9.17, 15) is 0 Å². The monoisotopic (exact) mass is 253 g/mol. The highest BCUT2D eigenvalue weighted by molar-refractivity contribution is 7.16. The van der Waals surface area contributed by atoms with Gasteiger partial charge in [-0.15, -0.1) is 10.2 Å². The minimum absolute atomic E-state index is 0.355. The molecule has 2 rings (SSSR count). The van der Waals surface area contributed by atoms with Crippen LogP contribution in [0, 0.1) is 0 Å². The van der Waals surface area contributed by atoms with E-state index in [0.717, 1.165) is 28.8 Å². The van der Waals surface area contributed by atoms with E-state index in [4.69, 9.17) is 0 Å². The molecule has 0 radical (unpaired) electrons. The van der Waals surface area contributed by atoms with Crippen molar-refractivity contribution in [3.05, 3.63) is 10.8 Å². The molecule has 0 aromatic carbocycles. The summed E-state index contributed by atoms with van der Waals surface area (Å²) < 4.78 is 1.88. The first-order chi connectivity index (χ1) is 8.08. The second-order valence-electron chi connectivity index (χ2n) is 4.76. The Morgan fingerprint density at radius 3 is 2.65 bits per heavy atom. The number of hydrogen-bond acceptors (Lipinski definition) is 5. The van der Waals surface area contributed by atoms with Crippen LogP contribution in [-0.2, 0) is 6.42 Å². The third kappa shape index (κ3) is 2.81. The van der Waals surface area contributed by atoms with Gasteiger partial charge in [0.25, 0.3) is 0 Å². The minimum Gasteiger partial charge on any atom is -0.314 e. The van der Waals surface area contributed by atoms with Crippen molar-refractivity contribution < 1.29 is 0 Å². The Bertz CT molecular complexity index is 485. The lowest BCUT2D eigenvalue weighted by Crippen LogP contribution is -2.24. The van der Waals surface area contributed by atoms with Crippen LogP contribution in [-0.4, -0.2) is 32.4 Å². The maximum absolute atomic E-state index is 4.56. The summed E-state index contributed by atoms with van der Waals surface area (Å²) in [7, 11) is 0. The van der Waals surface area contributed by atoms with Crippen molar-refractivity contribution in [3.8, 4) is 0 Å². The molecule has 1 N–H and O–H groups in total. The zero-order chi connectivity index (χ0) is 12.4. The van der Waals surface area contributed by atoms with Gasteiger partial charge in [-0.2, -0.15) is 9.61 Å². The Hall–Kier alpha value is -1.01. The van der Waals surface area contributed by atoms with E-state index in [0.29, 0.717) is 12.0 Å². The molecule has 17 heavy (non-hydrogen) atoms. The molecule has 94 valence electrons. The number of nitrogens with one attached hydrogen (secondary N) is 1. The SMILES string of the molecule is CC(C)NCCc1nn2c(C(C)C)nnc2s1. The third-order valence-corrected chi connectivity index (χ3v) is 3.42. The molecule has 2 aromatic heterocycles. The molecule has 0 aliphatic carbocycles. The molecule has 5 nitrogen and oxygen atoms in total. The van der Waals surface area contributed by atoms with Crippen LogP contribution < -0.4 is 5.32 Å². The van der Waals surface area contributed by atoms with Gasteiger partial charge in [-0.3, -0.25) is 0 Å². The molecule has 0 aliphatic rings. The van der Waals surface area contributed by atoms with Crippen LogP contribution in [0.2, 0.25) is 0 Å². The average molecular weight is 253 g/mol. The Morgan fingerprint density at radius 2 is 2.00 bits per heavy atom. The van der Waals surface area contributed by atoms with Crippen LogP contribution in [0.25, 0.3) is 4.96 Å². The quantitative estimate of drug-likeness (QED) is 0.883. The molecule has 0 amide bonds. The summed E-state index contributed by atoms with van der Waals surface area (Å²) in [6.45, 7) is 9.47. The van der Waals surface area contributed by atoms with E-state index in [1.165, 1.54) is 0 Å². The zero-order valence-corrected chi connectivity index (χ0v) is 11.6. The van der Waals surface area contributed by atoms with Gasteiger partial charge in [-0.1, -0.05) is 39.0 Å². The van der Waals surface area contributed by atoms with E-state index in [1.54, 1.807) is 11.3 Å². The summed E-state index contributed by atoms with van der Waals surface area (Å²) in [6.07, 6.45) is 0.948. The highest BCUT2D eigenvalue weighted by Crippen LogP contribution is 2.18. The van der Waals surface area contributed by atoms with Crippen LogP contribution in [0.3, 0.4) is 0 Å². The standard InChI is InChI=1S/C11H19N5S/c1-7(2)10-13-14-11-16(10)15-9(17-11)5-6-12-8(3)4/h7-8,12H,5-6H2,1-4H3. The van der Waals surface area contributed by atoms with Crippen LogP contribution >= 0.6 is 11.3 Å². The number of fused-ring (bicyclic) bond motifs is 1.